The van der Waals surface area contributed by atoms with E-state index >= 15 is 0 Å². The summed E-state index contributed by atoms with van der Waals surface area (Å²) in [6.45, 7) is 10.9. The summed E-state index contributed by atoms with van der Waals surface area (Å²) < 4.78 is 29.2. The lowest BCUT2D eigenvalue weighted by Gasteiger charge is -2.34. The van der Waals surface area contributed by atoms with Gasteiger partial charge in [0.15, 0.2) is 0 Å². The molecule has 220 valence electrons. The maximum absolute atomic E-state index is 14.2. The lowest BCUT2D eigenvalue weighted by atomic mass is 10.1. The van der Waals surface area contributed by atoms with Crippen molar-refractivity contribution < 1.29 is 18.0 Å². The Hall–Kier alpha value is -3.36. The van der Waals surface area contributed by atoms with Crippen molar-refractivity contribution in [1.29, 1.82) is 0 Å². The van der Waals surface area contributed by atoms with E-state index in [-0.39, 0.29) is 23.4 Å². The van der Waals surface area contributed by atoms with E-state index in [1.807, 2.05) is 53.7 Å². The van der Waals surface area contributed by atoms with Crippen LogP contribution in [0.1, 0.15) is 55.9 Å². The molecule has 3 aromatic rings. The van der Waals surface area contributed by atoms with Gasteiger partial charge in [-0.15, -0.1) is 0 Å². The molecule has 0 fully saturated rings. The first kappa shape index (κ1) is 32.2. The number of nitrogens with one attached hydrogen (secondary N) is 1. The molecule has 1 N–H and O–H groups in total. The van der Waals surface area contributed by atoms with Gasteiger partial charge in [0.05, 0.1) is 10.6 Å². The number of carbonyl (C=O) groups is 2. The summed E-state index contributed by atoms with van der Waals surface area (Å²) in [7, 11) is -4.13. The molecule has 3 rings (SSSR count). The Morgan fingerprint density at radius 2 is 1.49 bits per heavy atom. The molecule has 0 radical (unpaired) electrons. The van der Waals surface area contributed by atoms with Crippen LogP contribution in [-0.4, -0.2) is 43.8 Å². The van der Waals surface area contributed by atoms with Gasteiger partial charge in [-0.05, 0) is 87.6 Å². The molecule has 0 aromatic heterocycles. The Morgan fingerprint density at radius 3 is 2.05 bits per heavy atom. The van der Waals surface area contributed by atoms with Gasteiger partial charge in [0, 0.05) is 17.6 Å². The predicted molar refractivity (Wildman–Crippen MR) is 166 cm³/mol. The average molecular weight is 598 g/mol. The number of carbonyl (C=O) groups excluding carboxylic acids is 2. The topological polar surface area (TPSA) is 86.8 Å². The highest BCUT2D eigenvalue weighted by molar-refractivity contribution is 7.92. The van der Waals surface area contributed by atoms with Crippen molar-refractivity contribution in [1.82, 2.24) is 10.2 Å². The lowest BCUT2D eigenvalue weighted by Crippen LogP contribution is -2.53. The van der Waals surface area contributed by atoms with Crippen LogP contribution in [0.15, 0.2) is 71.6 Å². The second-order valence-electron chi connectivity index (χ2n) is 10.5. The van der Waals surface area contributed by atoms with Crippen LogP contribution in [0.5, 0.6) is 0 Å². The molecule has 2 atom stereocenters. The lowest BCUT2D eigenvalue weighted by molar-refractivity contribution is -0.140. The van der Waals surface area contributed by atoms with Crippen molar-refractivity contribution in [3.8, 4) is 0 Å². The third-order valence-electron chi connectivity index (χ3n) is 7.07. The zero-order valence-corrected chi connectivity index (χ0v) is 26.2. The van der Waals surface area contributed by atoms with Crippen LogP contribution in [0.25, 0.3) is 0 Å². The smallest absolute Gasteiger partial charge is 0.264 e. The molecule has 41 heavy (non-hydrogen) atoms. The highest BCUT2D eigenvalue weighted by atomic mass is 35.5. The quantitative estimate of drug-likeness (QED) is 0.270. The number of rotatable bonds is 12. The standard InChI is InChI=1S/C32H40ClN3O4S/c1-7-25(6)34-32(38)30(8-2)35(20-26-11-9-10-12-29(26)33)31(37)21-36(27-18-23(4)17-24(5)19-27)41(39,40)28-15-13-22(3)14-16-28/h9-19,25,30H,7-8,20-21H2,1-6H3,(H,34,38). The van der Waals surface area contributed by atoms with Crippen molar-refractivity contribution in [2.24, 2.45) is 0 Å². The minimum absolute atomic E-state index is 0.0518. The number of hydrogen-bond donors (Lipinski definition) is 1. The molecule has 0 heterocycles. The van der Waals surface area contributed by atoms with E-state index in [1.54, 1.807) is 54.6 Å². The molecule has 2 unspecified atom stereocenters. The van der Waals surface area contributed by atoms with Crippen LogP contribution in [-0.2, 0) is 26.2 Å². The fourth-order valence-electron chi connectivity index (χ4n) is 4.63. The molecule has 0 aliphatic heterocycles. The molecular weight excluding hydrogens is 558 g/mol. The number of amides is 2. The summed E-state index contributed by atoms with van der Waals surface area (Å²) in [6.07, 6.45) is 1.07. The van der Waals surface area contributed by atoms with Gasteiger partial charge in [0.2, 0.25) is 11.8 Å². The van der Waals surface area contributed by atoms with Crippen molar-refractivity contribution in [2.45, 2.75) is 77.9 Å². The molecule has 0 bridgehead atoms. The fourth-order valence-corrected chi connectivity index (χ4v) is 6.22. The van der Waals surface area contributed by atoms with Crippen molar-refractivity contribution in [2.75, 3.05) is 10.8 Å². The van der Waals surface area contributed by atoms with E-state index in [4.69, 9.17) is 11.6 Å². The first-order chi connectivity index (χ1) is 19.4. The number of aryl methyl sites for hydroxylation is 3. The van der Waals surface area contributed by atoms with Crippen molar-refractivity contribution in [3.63, 3.8) is 0 Å². The summed E-state index contributed by atoms with van der Waals surface area (Å²) in [6, 6.07) is 18.2. The van der Waals surface area contributed by atoms with E-state index in [9.17, 15) is 18.0 Å². The van der Waals surface area contributed by atoms with Gasteiger partial charge >= 0.3 is 0 Å². The van der Waals surface area contributed by atoms with Crippen LogP contribution < -0.4 is 9.62 Å². The predicted octanol–water partition coefficient (Wildman–Crippen LogP) is 6.18. The molecule has 0 saturated heterocycles. The van der Waals surface area contributed by atoms with Gasteiger partial charge in [-0.3, -0.25) is 13.9 Å². The Morgan fingerprint density at radius 1 is 0.878 bits per heavy atom. The van der Waals surface area contributed by atoms with Crippen LogP contribution >= 0.6 is 11.6 Å². The summed E-state index contributed by atoms with van der Waals surface area (Å²) in [4.78, 5) is 29.1. The van der Waals surface area contributed by atoms with Crippen LogP contribution in [0, 0.1) is 20.8 Å². The highest BCUT2D eigenvalue weighted by Crippen LogP contribution is 2.27. The SMILES string of the molecule is CCC(C)NC(=O)C(CC)N(Cc1ccccc1Cl)C(=O)CN(c1cc(C)cc(C)c1)S(=O)(=O)c1ccc(C)cc1. The maximum atomic E-state index is 14.2. The largest absolute Gasteiger partial charge is 0.352 e. The summed E-state index contributed by atoms with van der Waals surface area (Å²) in [5.74, 6) is -0.799. The van der Waals surface area contributed by atoms with Crippen molar-refractivity contribution in [3.05, 3.63) is 94.0 Å². The number of halogens is 1. The summed E-state index contributed by atoms with van der Waals surface area (Å²) in [5, 5.41) is 3.44. The first-order valence-electron chi connectivity index (χ1n) is 13.9. The molecular formula is C32H40ClN3O4S. The number of hydrogen-bond acceptors (Lipinski definition) is 4. The van der Waals surface area contributed by atoms with Crippen LogP contribution in [0.3, 0.4) is 0 Å². The van der Waals surface area contributed by atoms with Crippen LogP contribution in [0.4, 0.5) is 5.69 Å². The average Bonchev–Trinajstić information content (AvgIpc) is 2.92. The Kier molecular flexibility index (Phi) is 11.0. The molecule has 0 aliphatic rings. The number of nitrogens with zero attached hydrogens (tertiary/aromatic N) is 2. The van der Waals surface area contributed by atoms with Gasteiger partial charge in [-0.2, -0.15) is 0 Å². The van der Waals surface area contributed by atoms with E-state index in [2.05, 4.69) is 5.32 Å². The minimum atomic E-state index is -4.13. The second-order valence-corrected chi connectivity index (χ2v) is 12.8. The monoisotopic (exact) mass is 597 g/mol. The normalized spacial score (nSPS) is 12.9. The fraction of sp³-hybridized carbons (Fsp3) is 0.375. The van der Waals surface area contributed by atoms with Gasteiger partial charge in [-0.1, -0.05) is 67.4 Å². The van der Waals surface area contributed by atoms with Gasteiger partial charge in [0.1, 0.15) is 12.6 Å². The molecule has 9 heteroatoms. The summed E-state index contributed by atoms with van der Waals surface area (Å²) >= 11 is 6.46. The zero-order chi connectivity index (χ0) is 30.3. The second kappa shape index (κ2) is 14.0. The van der Waals surface area contributed by atoms with Crippen LogP contribution in [0.2, 0.25) is 5.02 Å². The molecule has 0 spiro atoms. The van der Waals surface area contributed by atoms with E-state index in [1.165, 1.54) is 4.90 Å². The number of benzene rings is 3. The number of sulfonamides is 1. The Balaban J connectivity index is 2.10. The molecule has 0 aliphatic carbocycles. The third kappa shape index (κ3) is 8.11. The van der Waals surface area contributed by atoms with Crippen molar-refractivity contribution >= 4 is 39.1 Å². The highest BCUT2D eigenvalue weighted by Gasteiger charge is 2.34. The molecule has 0 saturated carbocycles. The van der Waals surface area contributed by atoms with E-state index in [0.717, 1.165) is 27.4 Å². The maximum Gasteiger partial charge on any atom is 0.264 e. The molecule has 7 nitrogen and oxygen atoms in total. The third-order valence-corrected chi connectivity index (χ3v) is 9.22. The Bertz CT molecular complexity index is 1450. The van der Waals surface area contributed by atoms with E-state index in [0.29, 0.717) is 22.7 Å². The van der Waals surface area contributed by atoms with E-state index < -0.39 is 28.5 Å². The molecule has 2 amide bonds. The Labute approximate surface area is 249 Å². The first-order valence-corrected chi connectivity index (χ1v) is 15.7. The zero-order valence-electron chi connectivity index (χ0n) is 24.6. The van der Waals surface area contributed by atoms with Gasteiger partial charge in [-0.25, -0.2) is 8.42 Å². The summed E-state index contributed by atoms with van der Waals surface area (Å²) in [5.41, 5.74) is 3.69. The minimum Gasteiger partial charge on any atom is -0.352 e. The van der Waals surface area contributed by atoms with Gasteiger partial charge in [0.25, 0.3) is 10.0 Å². The number of anilines is 1. The van der Waals surface area contributed by atoms with Gasteiger partial charge < -0.3 is 10.2 Å². The molecule has 3 aromatic carbocycles.